The Bertz CT molecular complexity index is 483. The van der Waals surface area contributed by atoms with E-state index < -0.39 is 4.92 Å². The van der Waals surface area contributed by atoms with E-state index in [1.165, 1.54) is 18.2 Å². The van der Waals surface area contributed by atoms with Crippen molar-refractivity contribution in [1.29, 1.82) is 0 Å². The highest BCUT2D eigenvalue weighted by atomic mass is 16.6. The minimum absolute atomic E-state index is 0.0577. The van der Waals surface area contributed by atoms with Gasteiger partial charge in [0.1, 0.15) is 0 Å². The van der Waals surface area contributed by atoms with Crippen LogP contribution in [0.3, 0.4) is 0 Å². The van der Waals surface area contributed by atoms with Crippen molar-refractivity contribution in [2.45, 2.75) is 12.5 Å². The number of hydrogen-bond acceptors (Lipinski definition) is 5. The fourth-order valence-corrected chi connectivity index (χ4v) is 2.11. The van der Waals surface area contributed by atoms with Crippen LogP contribution in [0, 0.1) is 10.1 Å². The van der Waals surface area contributed by atoms with Crippen LogP contribution in [-0.4, -0.2) is 48.5 Å². The van der Waals surface area contributed by atoms with E-state index in [9.17, 15) is 14.9 Å². The molecule has 0 amide bonds. The van der Waals surface area contributed by atoms with Crippen LogP contribution in [0.2, 0.25) is 0 Å². The first-order valence-corrected chi connectivity index (χ1v) is 6.13. The lowest BCUT2D eigenvalue weighted by Crippen LogP contribution is -2.36. The summed E-state index contributed by atoms with van der Waals surface area (Å²) in [4.78, 5) is 24.2. The molecule has 1 fully saturated rings. The molecular formula is C13H16N2O4. The van der Waals surface area contributed by atoms with Gasteiger partial charge in [-0.15, -0.1) is 0 Å². The molecule has 0 saturated carbocycles. The highest BCUT2D eigenvalue weighted by molar-refractivity contribution is 5.98. The molecule has 6 heteroatoms. The molecule has 0 N–H and O–H groups in total. The first-order chi connectivity index (χ1) is 9.08. The van der Waals surface area contributed by atoms with Crippen LogP contribution in [0.15, 0.2) is 24.3 Å². The second kappa shape index (κ2) is 5.90. The van der Waals surface area contributed by atoms with E-state index >= 15 is 0 Å². The third kappa shape index (κ3) is 3.36. The summed E-state index contributed by atoms with van der Waals surface area (Å²) in [6, 6.07) is 6.09. The van der Waals surface area contributed by atoms with Gasteiger partial charge in [0.05, 0.1) is 18.1 Å². The van der Waals surface area contributed by atoms with Crippen molar-refractivity contribution in [3.8, 4) is 0 Å². The van der Waals surface area contributed by atoms with Gasteiger partial charge in [-0.05, 0) is 13.5 Å². The summed E-state index contributed by atoms with van der Waals surface area (Å²) in [6.07, 6.45) is 0.915. The van der Waals surface area contributed by atoms with Crippen molar-refractivity contribution in [2.24, 2.45) is 0 Å². The van der Waals surface area contributed by atoms with Gasteiger partial charge in [0.2, 0.25) is 0 Å². The van der Waals surface area contributed by atoms with Crippen LogP contribution >= 0.6 is 0 Å². The highest BCUT2D eigenvalue weighted by Gasteiger charge is 2.22. The molecule has 1 saturated heterocycles. The van der Waals surface area contributed by atoms with E-state index in [0.717, 1.165) is 13.0 Å². The molecule has 0 radical (unpaired) electrons. The summed E-state index contributed by atoms with van der Waals surface area (Å²) in [5.41, 5.74) is 0.317. The Morgan fingerprint density at radius 2 is 2.37 bits per heavy atom. The molecule has 1 unspecified atom stereocenters. The monoisotopic (exact) mass is 264 g/mol. The summed E-state index contributed by atoms with van der Waals surface area (Å²) in [6.45, 7) is 1.61. The second-order valence-electron chi connectivity index (χ2n) is 4.66. The number of hydrogen-bond donors (Lipinski definition) is 0. The molecule has 0 aromatic heterocycles. The number of nitro groups is 1. The zero-order valence-corrected chi connectivity index (χ0v) is 10.7. The Balaban J connectivity index is 2.02. The number of carbonyl (C=O) groups excluding carboxylic acids is 1. The third-order valence-corrected chi connectivity index (χ3v) is 3.30. The van der Waals surface area contributed by atoms with Gasteiger partial charge in [0.25, 0.3) is 5.69 Å². The maximum atomic E-state index is 12.1. The zero-order valence-electron chi connectivity index (χ0n) is 10.7. The lowest BCUT2D eigenvalue weighted by Gasteiger charge is -2.21. The van der Waals surface area contributed by atoms with Gasteiger partial charge in [0, 0.05) is 30.3 Å². The smallest absolute Gasteiger partial charge is 0.270 e. The number of carbonyl (C=O) groups is 1. The lowest BCUT2D eigenvalue weighted by atomic mass is 10.1. The fourth-order valence-electron chi connectivity index (χ4n) is 2.11. The normalized spacial score (nSPS) is 18.7. The van der Waals surface area contributed by atoms with Crippen LogP contribution in [0.5, 0.6) is 0 Å². The molecular weight excluding hydrogens is 248 g/mol. The van der Waals surface area contributed by atoms with Crippen LogP contribution in [0.1, 0.15) is 16.8 Å². The van der Waals surface area contributed by atoms with Gasteiger partial charge in [-0.1, -0.05) is 12.1 Å². The van der Waals surface area contributed by atoms with Gasteiger partial charge in [0.15, 0.2) is 5.78 Å². The Labute approximate surface area is 111 Å². The Kier molecular flexibility index (Phi) is 4.24. The van der Waals surface area contributed by atoms with E-state index in [0.29, 0.717) is 12.2 Å². The number of ketones is 1. The van der Waals surface area contributed by atoms with Crippen molar-refractivity contribution in [3.63, 3.8) is 0 Å². The number of Topliss-reactive ketones (excluding diaryl/α,β-unsaturated/α-hetero) is 1. The maximum Gasteiger partial charge on any atom is 0.270 e. The number of benzene rings is 1. The number of nitrogens with zero attached hydrogens (tertiary/aromatic N) is 2. The maximum absolute atomic E-state index is 12.1. The first-order valence-electron chi connectivity index (χ1n) is 6.13. The van der Waals surface area contributed by atoms with E-state index in [1.54, 1.807) is 6.07 Å². The van der Waals surface area contributed by atoms with E-state index in [1.807, 2.05) is 11.9 Å². The third-order valence-electron chi connectivity index (χ3n) is 3.30. The predicted octanol–water partition coefficient (Wildman–Crippen LogP) is 1.50. The van der Waals surface area contributed by atoms with Crippen LogP contribution in [0.4, 0.5) is 5.69 Å². The summed E-state index contributed by atoms with van der Waals surface area (Å²) in [5.74, 6) is -0.113. The molecule has 1 aromatic carbocycles. The van der Waals surface area contributed by atoms with Crippen LogP contribution < -0.4 is 0 Å². The molecule has 102 valence electrons. The van der Waals surface area contributed by atoms with E-state index in [2.05, 4.69) is 0 Å². The summed E-state index contributed by atoms with van der Waals surface area (Å²) in [7, 11) is 1.87. The second-order valence-corrected chi connectivity index (χ2v) is 4.66. The lowest BCUT2D eigenvalue weighted by molar-refractivity contribution is -0.384. The molecule has 1 atom stereocenters. The standard InChI is InChI=1S/C13H16N2O4/c1-14(12-5-6-19-9-12)8-13(16)10-3-2-4-11(7-10)15(17)18/h2-4,7,12H,5-6,8-9H2,1H3. The van der Waals surface area contributed by atoms with E-state index in [-0.39, 0.29) is 24.1 Å². The average Bonchev–Trinajstić information content (AvgIpc) is 2.92. The Morgan fingerprint density at radius 3 is 3.00 bits per heavy atom. The predicted molar refractivity (Wildman–Crippen MR) is 69.3 cm³/mol. The number of ether oxygens (including phenoxy) is 1. The summed E-state index contributed by atoms with van der Waals surface area (Å²) >= 11 is 0. The quantitative estimate of drug-likeness (QED) is 0.458. The molecule has 6 nitrogen and oxygen atoms in total. The topological polar surface area (TPSA) is 72.7 Å². The largest absolute Gasteiger partial charge is 0.380 e. The van der Waals surface area contributed by atoms with Crippen molar-refractivity contribution in [2.75, 3.05) is 26.8 Å². The first kappa shape index (κ1) is 13.6. The molecule has 1 aromatic rings. The molecule has 1 aliphatic heterocycles. The van der Waals surface area contributed by atoms with Crippen molar-refractivity contribution < 1.29 is 14.5 Å². The molecule has 19 heavy (non-hydrogen) atoms. The number of likely N-dealkylation sites (N-methyl/N-ethyl adjacent to an activating group) is 1. The number of rotatable bonds is 5. The fraction of sp³-hybridized carbons (Fsp3) is 0.462. The van der Waals surface area contributed by atoms with Gasteiger partial charge >= 0.3 is 0 Å². The molecule has 0 bridgehead atoms. The summed E-state index contributed by atoms with van der Waals surface area (Å²) in [5, 5.41) is 10.7. The Hall–Kier alpha value is -1.79. The SMILES string of the molecule is CN(CC(=O)c1cccc([N+](=O)[O-])c1)C1CCOC1. The number of nitro benzene ring substituents is 1. The van der Waals surface area contributed by atoms with Crippen molar-refractivity contribution in [3.05, 3.63) is 39.9 Å². The average molecular weight is 264 g/mol. The molecule has 0 aliphatic carbocycles. The minimum Gasteiger partial charge on any atom is -0.380 e. The molecule has 0 spiro atoms. The van der Waals surface area contributed by atoms with Gasteiger partial charge in [-0.25, -0.2) is 0 Å². The Morgan fingerprint density at radius 1 is 1.58 bits per heavy atom. The molecule has 1 aliphatic rings. The summed E-state index contributed by atoms with van der Waals surface area (Å²) < 4.78 is 5.27. The highest BCUT2D eigenvalue weighted by Crippen LogP contribution is 2.15. The number of non-ortho nitro benzene ring substituents is 1. The molecule has 1 heterocycles. The molecule has 2 rings (SSSR count). The van der Waals surface area contributed by atoms with Crippen LogP contribution in [0.25, 0.3) is 0 Å². The van der Waals surface area contributed by atoms with Gasteiger partial charge in [-0.3, -0.25) is 19.8 Å². The van der Waals surface area contributed by atoms with Gasteiger partial charge < -0.3 is 4.74 Å². The van der Waals surface area contributed by atoms with Crippen molar-refractivity contribution >= 4 is 11.5 Å². The zero-order chi connectivity index (χ0) is 13.8. The minimum atomic E-state index is -0.495. The van der Waals surface area contributed by atoms with Crippen molar-refractivity contribution in [1.82, 2.24) is 4.90 Å². The van der Waals surface area contributed by atoms with Gasteiger partial charge in [-0.2, -0.15) is 0 Å². The van der Waals surface area contributed by atoms with Crippen LogP contribution in [-0.2, 0) is 4.74 Å². The van der Waals surface area contributed by atoms with E-state index in [4.69, 9.17) is 4.74 Å².